The van der Waals surface area contributed by atoms with Gasteiger partial charge in [-0.05, 0) is 61.9 Å². The van der Waals surface area contributed by atoms with Crippen molar-refractivity contribution in [3.8, 4) is 0 Å². The van der Waals surface area contributed by atoms with Crippen LogP contribution >= 0.6 is 0 Å². The monoisotopic (exact) mass is 721 g/mol. The molecule has 9 heteroatoms. The van der Waals surface area contributed by atoms with Crippen LogP contribution in [0.3, 0.4) is 0 Å². The fraction of sp³-hybridized carbons (Fsp3) is 0.881. The zero-order chi connectivity index (χ0) is 37.0. The van der Waals surface area contributed by atoms with Crippen molar-refractivity contribution in [1.29, 1.82) is 0 Å². The lowest BCUT2D eigenvalue weighted by atomic mass is 9.72. The molecule has 12 atom stereocenters. The van der Waals surface area contributed by atoms with Gasteiger partial charge in [0.25, 0.3) is 0 Å². The molecule has 2 aliphatic carbocycles. The van der Waals surface area contributed by atoms with Crippen LogP contribution in [0.15, 0.2) is 24.5 Å². The topological polar surface area (TPSA) is 102 Å². The van der Waals surface area contributed by atoms with Gasteiger partial charge in [0.1, 0.15) is 12.4 Å². The second-order valence-electron chi connectivity index (χ2n) is 17.0. The quantitative estimate of drug-likeness (QED) is 0.197. The zero-order valence-electron chi connectivity index (χ0n) is 33.1. The van der Waals surface area contributed by atoms with Gasteiger partial charge in [0.15, 0.2) is 11.6 Å². The van der Waals surface area contributed by atoms with Gasteiger partial charge >= 0.3 is 0 Å². The van der Waals surface area contributed by atoms with Gasteiger partial charge in [-0.1, -0.05) is 66.5 Å². The third-order valence-corrected chi connectivity index (χ3v) is 11.8. The zero-order valence-corrected chi connectivity index (χ0v) is 33.1. The van der Waals surface area contributed by atoms with Gasteiger partial charge in [-0.15, -0.1) is 0 Å². The molecule has 1 N–H and O–H groups in total. The maximum absolute atomic E-state index is 10.7. The van der Waals surface area contributed by atoms with E-state index in [0.717, 1.165) is 64.4 Å². The molecule has 0 aromatic carbocycles. The Labute approximate surface area is 309 Å². The van der Waals surface area contributed by atoms with Gasteiger partial charge in [0.05, 0.1) is 50.0 Å². The minimum absolute atomic E-state index is 0.0497. The Morgan fingerprint density at radius 1 is 0.784 bits per heavy atom. The van der Waals surface area contributed by atoms with Crippen LogP contribution in [0.4, 0.5) is 0 Å². The maximum atomic E-state index is 10.7. The molecule has 51 heavy (non-hydrogen) atoms. The molecule has 294 valence electrons. The Morgan fingerprint density at radius 2 is 1.31 bits per heavy atom. The van der Waals surface area contributed by atoms with Crippen molar-refractivity contribution < 1.29 is 43.1 Å². The van der Waals surface area contributed by atoms with Crippen molar-refractivity contribution in [1.82, 2.24) is 0 Å². The van der Waals surface area contributed by atoms with Gasteiger partial charge < -0.3 is 43.1 Å². The van der Waals surface area contributed by atoms with E-state index in [2.05, 4.69) is 52.4 Å². The first-order valence-corrected chi connectivity index (χ1v) is 20.2. The van der Waals surface area contributed by atoms with Crippen molar-refractivity contribution >= 4 is 6.29 Å². The predicted octanol–water partition coefficient (Wildman–Crippen LogP) is 8.17. The number of carbonyl (C=O) groups is 1. The molecule has 0 amide bonds. The summed E-state index contributed by atoms with van der Waals surface area (Å²) in [6.45, 7) is 15.3. The van der Waals surface area contributed by atoms with E-state index in [0.29, 0.717) is 48.3 Å². The SMILES string of the molecule is CC(C)[C@@H]1CC[C@@H](C)CC12OCC[C@@H](C[C@H]1CC(O)C=CO1)O2.CC(C)[C@@H]1CC[C@@H](C)CC12OCC[C@@H](C[C@H]1CC=C[C@@H](CC=O)O1)O2.COC. The molecule has 0 aromatic rings. The number of aliphatic hydroxyl groups excluding tert-OH is 1. The number of hydrogen-bond acceptors (Lipinski definition) is 9. The Balaban J connectivity index is 0.000000213. The molecular formula is C42H72O9. The molecule has 0 aromatic heterocycles. The summed E-state index contributed by atoms with van der Waals surface area (Å²) in [5.41, 5.74) is 0. The van der Waals surface area contributed by atoms with E-state index in [9.17, 15) is 9.90 Å². The predicted molar refractivity (Wildman–Crippen MR) is 199 cm³/mol. The lowest BCUT2D eigenvalue weighted by molar-refractivity contribution is -0.341. The molecule has 0 bridgehead atoms. The highest BCUT2D eigenvalue weighted by atomic mass is 16.7. The number of aliphatic hydroxyl groups is 1. The summed E-state index contributed by atoms with van der Waals surface area (Å²) in [6.07, 6.45) is 21.1. The van der Waals surface area contributed by atoms with E-state index in [-0.39, 0.29) is 36.6 Å². The summed E-state index contributed by atoms with van der Waals surface area (Å²) >= 11 is 0. The number of ether oxygens (including phenoxy) is 7. The summed E-state index contributed by atoms with van der Waals surface area (Å²) in [5.74, 6) is 2.58. The van der Waals surface area contributed by atoms with E-state index in [1.54, 1.807) is 26.6 Å². The highest BCUT2D eigenvalue weighted by molar-refractivity contribution is 5.50. The smallest absolute Gasteiger partial charge is 0.171 e. The van der Waals surface area contributed by atoms with Crippen LogP contribution in [0.25, 0.3) is 0 Å². The van der Waals surface area contributed by atoms with E-state index in [1.807, 2.05) is 6.08 Å². The van der Waals surface area contributed by atoms with E-state index < -0.39 is 11.6 Å². The lowest BCUT2D eigenvalue weighted by Gasteiger charge is -2.51. The molecule has 4 aliphatic heterocycles. The number of carbonyl (C=O) groups excluding carboxylic acids is 1. The minimum atomic E-state index is -0.405. The van der Waals surface area contributed by atoms with E-state index in [4.69, 9.17) is 28.4 Å². The maximum Gasteiger partial charge on any atom is 0.171 e. The summed E-state index contributed by atoms with van der Waals surface area (Å²) in [4.78, 5) is 10.7. The summed E-state index contributed by atoms with van der Waals surface area (Å²) < 4.78 is 41.8. The highest BCUT2D eigenvalue weighted by Crippen LogP contribution is 2.48. The molecule has 4 fully saturated rings. The summed E-state index contributed by atoms with van der Waals surface area (Å²) in [5, 5.41) is 9.77. The fourth-order valence-electron chi connectivity index (χ4n) is 9.44. The van der Waals surface area contributed by atoms with Crippen molar-refractivity contribution in [3.05, 3.63) is 24.5 Å². The lowest BCUT2D eigenvalue weighted by Crippen LogP contribution is -2.55. The molecule has 2 saturated heterocycles. The van der Waals surface area contributed by atoms with Crippen LogP contribution in [0.2, 0.25) is 0 Å². The van der Waals surface area contributed by atoms with Crippen molar-refractivity contribution in [2.45, 2.75) is 173 Å². The first kappa shape index (κ1) is 42.4. The third kappa shape index (κ3) is 12.1. The Kier molecular flexibility index (Phi) is 16.9. The molecule has 3 unspecified atom stereocenters. The highest BCUT2D eigenvalue weighted by Gasteiger charge is 2.51. The van der Waals surface area contributed by atoms with Crippen molar-refractivity contribution in [2.24, 2.45) is 35.5 Å². The number of rotatable bonds is 8. The van der Waals surface area contributed by atoms with Gasteiger partial charge in [-0.2, -0.15) is 0 Å². The van der Waals surface area contributed by atoms with Gasteiger partial charge in [0, 0.05) is 64.6 Å². The van der Waals surface area contributed by atoms with Gasteiger partial charge in [-0.3, -0.25) is 0 Å². The average Bonchev–Trinajstić information content (AvgIpc) is 3.05. The largest absolute Gasteiger partial charge is 0.498 e. The Bertz CT molecular complexity index is 1080. The molecule has 6 aliphatic rings. The standard InChI is InChI=1S/C21H34O4.C19H32O4.C2H6O/c1-15(2)20-8-7-16(3)14-21(20)23-12-10-19(25-21)13-18-6-4-5-17(24-18)9-11-22;1-13(2)18-5-4-14(3)12-19(18)22-9-7-16(23-19)11-17-10-15(20)6-8-21-17;1-3-2/h4-5,11,15-20H,6-10,12-14H2,1-3H3;6,8,13-18,20H,4-5,7,9-12H2,1-3H3;1-2H3/t16-,17+,18-,19+,20+,21?;14-,15?,16+,17-,18+,19?;/m11./s1. The molecular weight excluding hydrogens is 648 g/mol. The Hall–Kier alpha value is -1.33. The van der Waals surface area contributed by atoms with Gasteiger partial charge in [0.2, 0.25) is 0 Å². The van der Waals surface area contributed by atoms with E-state index >= 15 is 0 Å². The van der Waals surface area contributed by atoms with Crippen molar-refractivity contribution in [3.63, 3.8) is 0 Å². The minimum Gasteiger partial charge on any atom is -0.498 e. The summed E-state index contributed by atoms with van der Waals surface area (Å²) in [6, 6.07) is 0. The normalized spacial score (nSPS) is 41.0. The van der Waals surface area contributed by atoms with Crippen LogP contribution in [0.1, 0.15) is 125 Å². The fourth-order valence-corrected chi connectivity index (χ4v) is 9.44. The third-order valence-electron chi connectivity index (χ3n) is 11.8. The second-order valence-corrected chi connectivity index (χ2v) is 17.0. The number of aldehydes is 1. The number of hydrogen-bond donors (Lipinski definition) is 1. The van der Waals surface area contributed by atoms with Crippen LogP contribution < -0.4 is 0 Å². The first-order valence-electron chi connectivity index (χ1n) is 20.2. The number of methoxy groups -OCH3 is 1. The van der Waals surface area contributed by atoms with Crippen molar-refractivity contribution in [2.75, 3.05) is 27.4 Å². The van der Waals surface area contributed by atoms with Crippen LogP contribution in [0, 0.1) is 35.5 Å². The van der Waals surface area contributed by atoms with E-state index in [1.165, 1.54) is 25.7 Å². The van der Waals surface area contributed by atoms with Crippen LogP contribution in [-0.2, 0) is 38.0 Å². The average molecular weight is 721 g/mol. The molecule has 4 heterocycles. The molecule has 9 nitrogen and oxygen atoms in total. The van der Waals surface area contributed by atoms with Gasteiger partial charge in [-0.25, -0.2) is 0 Å². The molecule has 6 rings (SSSR count). The van der Waals surface area contributed by atoms with Crippen LogP contribution in [-0.4, -0.2) is 87.0 Å². The second kappa shape index (κ2) is 20.4. The van der Waals surface area contributed by atoms with Crippen LogP contribution in [0.5, 0.6) is 0 Å². The molecule has 2 spiro atoms. The summed E-state index contributed by atoms with van der Waals surface area (Å²) in [7, 11) is 3.25. The molecule has 0 radical (unpaired) electrons. The first-order chi connectivity index (χ1) is 24.4. The Morgan fingerprint density at radius 3 is 1.80 bits per heavy atom. The molecule has 2 saturated carbocycles.